The van der Waals surface area contributed by atoms with Crippen LogP contribution in [0.15, 0.2) is 42.2 Å². The van der Waals surface area contributed by atoms with E-state index in [9.17, 15) is 20.0 Å². The molecule has 2 aliphatic carbocycles. The molecule has 2 aromatic rings. The fourth-order valence-electron chi connectivity index (χ4n) is 5.81. The summed E-state index contributed by atoms with van der Waals surface area (Å²) in [5.41, 5.74) is 1.76. The number of carbonyl (C=O) groups excluding carboxylic acids is 1. The molecule has 0 aromatic heterocycles. The van der Waals surface area contributed by atoms with E-state index in [4.69, 9.17) is 16.3 Å². The fourth-order valence-corrected chi connectivity index (χ4v) is 6.08. The van der Waals surface area contributed by atoms with Crippen molar-refractivity contribution in [2.24, 2.45) is 11.8 Å². The van der Waals surface area contributed by atoms with Gasteiger partial charge in [0.05, 0.1) is 4.92 Å². The molecule has 0 amide bonds. The molecule has 7 heteroatoms. The molecular formula is C25H24ClNO5. The number of nitrogens with zero attached hydrogens (tertiary/aromatic N) is 1. The number of aliphatic hydroxyl groups is 1. The summed E-state index contributed by atoms with van der Waals surface area (Å²) < 4.78 is 5.85. The summed E-state index contributed by atoms with van der Waals surface area (Å²) in [6, 6.07) is 9.70. The molecule has 2 aromatic carbocycles. The van der Waals surface area contributed by atoms with Gasteiger partial charge in [-0.3, -0.25) is 10.1 Å². The van der Waals surface area contributed by atoms with Crippen LogP contribution in [0.4, 0.5) is 5.69 Å². The normalized spacial score (nSPS) is 27.0. The lowest BCUT2D eigenvalue weighted by Gasteiger charge is -2.38. The number of aliphatic hydroxyl groups excluding tert-OH is 1. The molecule has 2 saturated carbocycles. The second kappa shape index (κ2) is 7.62. The lowest BCUT2D eigenvalue weighted by molar-refractivity contribution is -0.384. The average Bonchev–Trinajstić information content (AvgIpc) is 3.32. The monoisotopic (exact) mass is 453 g/mol. The molecule has 32 heavy (non-hydrogen) atoms. The summed E-state index contributed by atoms with van der Waals surface area (Å²) in [5.74, 6) is 0.664. The van der Waals surface area contributed by atoms with Crippen molar-refractivity contribution in [1.82, 2.24) is 0 Å². The van der Waals surface area contributed by atoms with Crippen LogP contribution >= 0.6 is 11.6 Å². The van der Waals surface area contributed by atoms with Crippen LogP contribution in [0.25, 0.3) is 16.7 Å². The van der Waals surface area contributed by atoms with Crippen LogP contribution in [0, 0.1) is 28.9 Å². The van der Waals surface area contributed by atoms with E-state index in [1.807, 2.05) is 6.92 Å². The van der Waals surface area contributed by atoms with Gasteiger partial charge < -0.3 is 9.84 Å². The smallest absolute Gasteiger partial charge is 0.343 e. The Bertz CT molecular complexity index is 1170. The molecule has 1 spiro atoms. The third kappa shape index (κ3) is 3.28. The first-order chi connectivity index (χ1) is 15.3. The molecule has 1 aliphatic heterocycles. The van der Waals surface area contributed by atoms with Crippen LogP contribution in [0.2, 0.25) is 5.02 Å². The highest BCUT2D eigenvalue weighted by Gasteiger charge is 2.53. The largest absolute Gasteiger partial charge is 0.507 e. The van der Waals surface area contributed by atoms with E-state index in [2.05, 4.69) is 0 Å². The third-order valence-corrected chi connectivity index (χ3v) is 7.75. The van der Waals surface area contributed by atoms with E-state index in [0.29, 0.717) is 46.4 Å². The summed E-state index contributed by atoms with van der Waals surface area (Å²) in [7, 11) is 0. The van der Waals surface area contributed by atoms with Crippen molar-refractivity contribution in [3.63, 3.8) is 0 Å². The minimum absolute atomic E-state index is 0.0233. The molecule has 0 radical (unpaired) electrons. The quantitative estimate of drug-likeness (QED) is 0.330. The number of hydrogen-bond acceptors (Lipinski definition) is 5. The maximum Gasteiger partial charge on any atom is 0.343 e. The number of nitro groups is 1. The second-order valence-corrected chi connectivity index (χ2v) is 9.66. The first-order valence-electron chi connectivity index (χ1n) is 11.0. The Kier molecular flexibility index (Phi) is 5.01. The van der Waals surface area contributed by atoms with E-state index in [0.717, 1.165) is 18.4 Å². The van der Waals surface area contributed by atoms with Gasteiger partial charge in [0.2, 0.25) is 0 Å². The molecule has 3 unspecified atom stereocenters. The van der Waals surface area contributed by atoms with Crippen molar-refractivity contribution in [3.05, 3.63) is 68.4 Å². The van der Waals surface area contributed by atoms with Crippen molar-refractivity contribution in [3.8, 4) is 11.1 Å². The first-order valence-corrected chi connectivity index (χ1v) is 11.4. The number of rotatable bonds is 3. The van der Waals surface area contributed by atoms with E-state index in [1.54, 1.807) is 24.3 Å². The van der Waals surface area contributed by atoms with Gasteiger partial charge in [-0.1, -0.05) is 43.0 Å². The Labute approximate surface area is 191 Å². The molecule has 6 nitrogen and oxygen atoms in total. The lowest BCUT2D eigenvalue weighted by atomic mass is 9.72. The van der Waals surface area contributed by atoms with Gasteiger partial charge in [-0.05, 0) is 66.8 Å². The Morgan fingerprint density at radius 2 is 1.94 bits per heavy atom. The number of carbonyl (C=O) groups is 1. The third-order valence-electron chi connectivity index (χ3n) is 7.44. The topological polar surface area (TPSA) is 89.7 Å². The van der Waals surface area contributed by atoms with Gasteiger partial charge in [0.15, 0.2) is 11.4 Å². The number of hydrogen-bond donors (Lipinski definition) is 1. The Hall–Kier alpha value is -2.86. The van der Waals surface area contributed by atoms with Crippen molar-refractivity contribution in [1.29, 1.82) is 0 Å². The van der Waals surface area contributed by atoms with Gasteiger partial charge in [0, 0.05) is 22.7 Å². The average molecular weight is 454 g/mol. The minimum Gasteiger partial charge on any atom is -0.507 e. The van der Waals surface area contributed by atoms with E-state index in [-0.39, 0.29) is 17.0 Å². The van der Waals surface area contributed by atoms with Crippen molar-refractivity contribution in [2.75, 3.05) is 0 Å². The molecule has 1 N–H and O–H groups in total. The zero-order valence-electron chi connectivity index (χ0n) is 17.8. The highest BCUT2D eigenvalue weighted by atomic mass is 35.5. The van der Waals surface area contributed by atoms with Crippen molar-refractivity contribution >= 4 is 28.8 Å². The lowest BCUT2D eigenvalue weighted by Crippen LogP contribution is -2.40. The Balaban J connectivity index is 1.54. The number of benzene rings is 2. The predicted octanol–water partition coefficient (Wildman–Crippen LogP) is 6.39. The van der Waals surface area contributed by atoms with Gasteiger partial charge in [0.25, 0.3) is 5.69 Å². The van der Waals surface area contributed by atoms with Crippen LogP contribution < -0.4 is 0 Å². The number of non-ortho nitro benzene ring substituents is 1. The molecule has 2 fully saturated rings. The highest BCUT2D eigenvalue weighted by molar-refractivity contribution is 6.34. The van der Waals surface area contributed by atoms with Crippen molar-refractivity contribution in [2.45, 2.75) is 51.0 Å². The molecule has 0 saturated heterocycles. The molecule has 5 rings (SSSR count). The predicted molar refractivity (Wildman–Crippen MR) is 121 cm³/mol. The zero-order chi connectivity index (χ0) is 22.6. The van der Waals surface area contributed by atoms with Crippen LogP contribution in [0.5, 0.6) is 0 Å². The van der Waals surface area contributed by atoms with Gasteiger partial charge in [0.1, 0.15) is 5.57 Å². The molecular weight excluding hydrogens is 430 g/mol. The Morgan fingerprint density at radius 1 is 1.16 bits per heavy atom. The summed E-state index contributed by atoms with van der Waals surface area (Å²) >= 11 is 6.57. The second-order valence-electron chi connectivity index (χ2n) is 9.26. The van der Waals surface area contributed by atoms with Gasteiger partial charge in [-0.2, -0.15) is 0 Å². The molecule has 3 atom stereocenters. The minimum atomic E-state index is -0.921. The van der Waals surface area contributed by atoms with Crippen LogP contribution in [-0.2, 0) is 9.53 Å². The Morgan fingerprint density at radius 3 is 2.72 bits per heavy atom. The fraction of sp³-hybridized carbons (Fsp3) is 0.400. The van der Waals surface area contributed by atoms with Gasteiger partial charge >= 0.3 is 5.97 Å². The summed E-state index contributed by atoms with van der Waals surface area (Å²) in [5, 5.41) is 22.7. The van der Waals surface area contributed by atoms with Crippen LogP contribution in [-0.4, -0.2) is 21.6 Å². The van der Waals surface area contributed by atoms with Gasteiger partial charge in [-0.15, -0.1) is 0 Å². The van der Waals surface area contributed by atoms with E-state index >= 15 is 0 Å². The molecule has 0 bridgehead atoms. The summed E-state index contributed by atoms with van der Waals surface area (Å²) in [6.45, 7) is 1.83. The standard InChI is InChI=1S/C25H24ClNO5/c1-14-10-20(16-5-3-7-18(11-16)27(30)31)21(26)12-19(14)22-23(28)25(32-24(22)29)9-8-15-4-2-6-17(15)13-25/h3,5,7,10-12,15,17,28H,2,4,6,8-9,13H2,1H3. The zero-order valence-corrected chi connectivity index (χ0v) is 18.5. The number of esters is 1. The maximum absolute atomic E-state index is 12.9. The maximum atomic E-state index is 12.9. The molecule has 3 aliphatic rings. The number of aryl methyl sites for hydroxylation is 1. The number of fused-ring (bicyclic) bond motifs is 1. The van der Waals surface area contributed by atoms with Crippen LogP contribution in [0.1, 0.15) is 49.7 Å². The highest BCUT2D eigenvalue weighted by Crippen LogP contribution is 2.53. The summed E-state index contributed by atoms with van der Waals surface area (Å²) in [6.07, 6.45) is 5.82. The number of halogens is 1. The number of nitro benzene ring substituents is 1. The molecule has 1 heterocycles. The number of ether oxygens (including phenoxy) is 1. The van der Waals surface area contributed by atoms with E-state index < -0.39 is 16.5 Å². The summed E-state index contributed by atoms with van der Waals surface area (Å²) in [4.78, 5) is 23.6. The van der Waals surface area contributed by atoms with E-state index in [1.165, 1.54) is 25.0 Å². The van der Waals surface area contributed by atoms with Gasteiger partial charge in [-0.25, -0.2) is 4.79 Å². The van der Waals surface area contributed by atoms with Crippen LogP contribution in [0.3, 0.4) is 0 Å². The SMILES string of the molecule is Cc1cc(-c2cccc([N+](=O)[O-])c2)c(Cl)cc1C1=C(O)C2(CCC3CCCC3C2)OC1=O. The first kappa shape index (κ1) is 21.0. The molecule has 166 valence electrons. The van der Waals surface area contributed by atoms with Crippen molar-refractivity contribution < 1.29 is 19.6 Å².